The van der Waals surface area contributed by atoms with E-state index in [9.17, 15) is 14.0 Å². The van der Waals surface area contributed by atoms with Gasteiger partial charge in [0.05, 0.1) is 31.4 Å². The maximum atomic E-state index is 13.1. The van der Waals surface area contributed by atoms with Gasteiger partial charge in [-0.15, -0.1) is 0 Å². The molecule has 0 aliphatic heterocycles. The van der Waals surface area contributed by atoms with Gasteiger partial charge in [0.25, 0.3) is 5.91 Å². The van der Waals surface area contributed by atoms with Crippen LogP contribution in [-0.4, -0.2) is 33.6 Å². The van der Waals surface area contributed by atoms with Crippen LogP contribution in [0.1, 0.15) is 20.7 Å². The Morgan fingerprint density at radius 3 is 2.87 bits per heavy atom. The van der Waals surface area contributed by atoms with Gasteiger partial charge in [-0.2, -0.15) is 5.10 Å². The molecule has 3 aromatic rings. The molecule has 0 radical (unpaired) electrons. The molecule has 0 unspecified atom stereocenters. The van der Waals surface area contributed by atoms with Crippen LogP contribution in [-0.2, 0) is 4.74 Å². The molecule has 0 saturated carbocycles. The SMILES string of the molecule is COC(=O)c1cnn2cc(NC(=O)c3cccc(F)c3)cnc12. The van der Waals surface area contributed by atoms with Gasteiger partial charge in [0.2, 0.25) is 0 Å². The molecule has 1 N–H and O–H groups in total. The van der Waals surface area contributed by atoms with E-state index in [0.717, 1.165) is 6.07 Å². The number of esters is 1. The van der Waals surface area contributed by atoms with E-state index in [1.165, 1.54) is 48.4 Å². The van der Waals surface area contributed by atoms with E-state index < -0.39 is 17.7 Å². The van der Waals surface area contributed by atoms with Crippen LogP contribution in [0.15, 0.2) is 42.9 Å². The molecule has 0 spiro atoms. The summed E-state index contributed by atoms with van der Waals surface area (Å²) in [5, 5.41) is 6.57. The predicted molar refractivity (Wildman–Crippen MR) is 78.7 cm³/mol. The quantitative estimate of drug-likeness (QED) is 0.746. The van der Waals surface area contributed by atoms with Crippen molar-refractivity contribution in [1.82, 2.24) is 14.6 Å². The second-order valence-corrected chi connectivity index (χ2v) is 4.63. The third-order valence-corrected chi connectivity index (χ3v) is 3.11. The third kappa shape index (κ3) is 2.86. The Kier molecular flexibility index (Phi) is 3.71. The van der Waals surface area contributed by atoms with Gasteiger partial charge in [-0.3, -0.25) is 4.79 Å². The van der Waals surface area contributed by atoms with Gasteiger partial charge in [-0.1, -0.05) is 6.07 Å². The average Bonchev–Trinajstić information content (AvgIpc) is 2.97. The number of amides is 1. The number of benzene rings is 1. The number of nitrogens with one attached hydrogen (secondary N) is 1. The summed E-state index contributed by atoms with van der Waals surface area (Å²) < 4.78 is 19.1. The minimum atomic E-state index is -0.552. The summed E-state index contributed by atoms with van der Waals surface area (Å²) in [6.07, 6.45) is 4.19. The Bertz CT molecular complexity index is 907. The van der Waals surface area contributed by atoms with Crippen molar-refractivity contribution >= 4 is 23.2 Å². The van der Waals surface area contributed by atoms with Crippen LogP contribution in [0.5, 0.6) is 0 Å². The number of hydrogen-bond acceptors (Lipinski definition) is 5. The zero-order chi connectivity index (χ0) is 16.4. The second kappa shape index (κ2) is 5.84. The molecule has 0 bridgehead atoms. The lowest BCUT2D eigenvalue weighted by atomic mass is 10.2. The van der Waals surface area contributed by atoms with Crippen LogP contribution in [0.4, 0.5) is 10.1 Å². The summed E-state index contributed by atoms with van der Waals surface area (Å²) in [7, 11) is 1.26. The minimum absolute atomic E-state index is 0.181. The maximum absolute atomic E-state index is 13.1. The van der Waals surface area contributed by atoms with E-state index in [2.05, 4.69) is 20.1 Å². The fraction of sp³-hybridized carbons (Fsp3) is 0.0667. The molecule has 3 rings (SSSR count). The fourth-order valence-electron chi connectivity index (χ4n) is 2.03. The highest BCUT2D eigenvalue weighted by molar-refractivity contribution is 6.04. The average molecular weight is 314 g/mol. The zero-order valence-electron chi connectivity index (χ0n) is 12.0. The normalized spacial score (nSPS) is 10.5. The van der Waals surface area contributed by atoms with Crippen LogP contribution in [0.3, 0.4) is 0 Å². The van der Waals surface area contributed by atoms with Crippen LogP contribution < -0.4 is 5.32 Å². The maximum Gasteiger partial charge on any atom is 0.343 e. The first-order chi connectivity index (χ1) is 11.1. The third-order valence-electron chi connectivity index (χ3n) is 3.11. The van der Waals surface area contributed by atoms with Crippen molar-refractivity contribution in [1.29, 1.82) is 0 Å². The van der Waals surface area contributed by atoms with Gasteiger partial charge in [0.15, 0.2) is 5.65 Å². The topological polar surface area (TPSA) is 85.6 Å². The smallest absolute Gasteiger partial charge is 0.343 e. The number of methoxy groups -OCH3 is 1. The molecule has 0 aliphatic rings. The number of anilines is 1. The number of nitrogens with zero attached hydrogens (tertiary/aromatic N) is 3. The Hall–Kier alpha value is -3.29. The van der Waals surface area contributed by atoms with E-state index in [0.29, 0.717) is 11.3 Å². The molecule has 8 heteroatoms. The van der Waals surface area contributed by atoms with E-state index in [1.807, 2.05) is 0 Å². The van der Waals surface area contributed by atoms with Crippen LogP contribution >= 0.6 is 0 Å². The van der Waals surface area contributed by atoms with Gasteiger partial charge < -0.3 is 10.1 Å². The monoisotopic (exact) mass is 314 g/mol. The summed E-state index contributed by atoms with van der Waals surface area (Å²) in [5.74, 6) is -1.53. The number of halogens is 1. The molecule has 0 fully saturated rings. The number of hydrogen-bond donors (Lipinski definition) is 1. The van der Waals surface area contributed by atoms with Crippen molar-refractivity contribution in [3.05, 3.63) is 59.8 Å². The van der Waals surface area contributed by atoms with E-state index in [1.54, 1.807) is 0 Å². The highest BCUT2D eigenvalue weighted by atomic mass is 19.1. The second-order valence-electron chi connectivity index (χ2n) is 4.63. The van der Waals surface area contributed by atoms with Crippen LogP contribution in [0.2, 0.25) is 0 Å². The molecule has 23 heavy (non-hydrogen) atoms. The summed E-state index contributed by atoms with van der Waals surface area (Å²) in [4.78, 5) is 27.7. The van der Waals surface area contributed by atoms with Crippen molar-refractivity contribution in [3.63, 3.8) is 0 Å². The molecule has 0 aliphatic carbocycles. The molecule has 1 aromatic carbocycles. The molecule has 0 atom stereocenters. The highest BCUT2D eigenvalue weighted by Gasteiger charge is 2.15. The van der Waals surface area contributed by atoms with Crippen molar-refractivity contribution in [2.45, 2.75) is 0 Å². The van der Waals surface area contributed by atoms with Crippen molar-refractivity contribution in [2.24, 2.45) is 0 Å². The van der Waals surface area contributed by atoms with Gasteiger partial charge in [-0.05, 0) is 18.2 Å². The Labute approximate surface area is 129 Å². The summed E-state index contributed by atoms with van der Waals surface area (Å²) >= 11 is 0. The first-order valence-corrected chi connectivity index (χ1v) is 6.57. The Balaban J connectivity index is 1.87. The lowest BCUT2D eigenvalue weighted by Crippen LogP contribution is -2.13. The van der Waals surface area contributed by atoms with Crippen LogP contribution in [0, 0.1) is 5.82 Å². The number of carbonyl (C=O) groups is 2. The summed E-state index contributed by atoms with van der Waals surface area (Å²) in [5.41, 5.74) is 1.06. The number of rotatable bonds is 3. The Morgan fingerprint density at radius 1 is 1.30 bits per heavy atom. The number of ether oxygens (including phenoxy) is 1. The molecule has 0 saturated heterocycles. The van der Waals surface area contributed by atoms with Crippen molar-refractivity contribution in [2.75, 3.05) is 12.4 Å². The summed E-state index contributed by atoms with van der Waals surface area (Å²) in [6.45, 7) is 0. The number of carbonyl (C=O) groups excluding carboxylic acids is 2. The van der Waals surface area contributed by atoms with Gasteiger partial charge in [-0.25, -0.2) is 18.7 Å². The van der Waals surface area contributed by atoms with Gasteiger partial charge in [0, 0.05) is 5.56 Å². The standard InChI is InChI=1S/C15H11FN4O3/c1-23-15(22)12-7-18-20-8-11(6-17-13(12)20)19-14(21)9-3-2-4-10(16)5-9/h2-8H,1H3,(H,19,21). The molecule has 2 heterocycles. The van der Waals surface area contributed by atoms with Crippen molar-refractivity contribution in [3.8, 4) is 0 Å². The van der Waals surface area contributed by atoms with E-state index in [4.69, 9.17) is 0 Å². The molecule has 1 amide bonds. The number of aromatic nitrogens is 3. The number of fused-ring (bicyclic) bond motifs is 1. The molecule has 116 valence electrons. The predicted octanol–water partition coefficient (Wildman–Crippen LogP) is 1.91. The van der Waals surface area contributed by atoms with E-state index >= 15 is 0 Å². The minimum Gasteiger partial charge on any atom is -0.465 e. The molecule has 7 nitrogen and oxygen atoms in total. The first kappa shape index (κ1) is 14.6. The lowest BCUT2D eigenvalue weighted by molar-refractivity contribution is 0.0602. The highest BCUT2D eigenvalue weighted by Crippen LogP contribution is 2.14. The zero-order valence-corrected chi connectivity index (χ0v) is 12.0. The summed E-state index contributed by atoms with van der Waals surface area (Å²) in [6, 6.07) is 5.32. The van der Waals surface area contributed by atoms with E-state index in [-0.39, 0.29) is 11.1 Å². The lowest BCUT2D eigenvalue weighted by Gasteiger charge is -2.05. The molecule has 2 aromatic heterocycles. The van der Waals surface area contributed by atoms with Gasteiger partial charge in [0.1, 0.15) is 11.4 Å². The molecular formula is C15H11FN4O3. The fourth-order valence-corrected chi connectivity index (χ4v) is 2.03. The largest absolute Gasteiger partial charge is 0.465 e. The Morgan fingerprint density at radius 2 is 2.13 bits per heavy atom. The van der Waals surface area contributed by atoms with Crippen LogP contribution in [0.25, 0.3) is 5.65 Å². The molecular weight excluding hydrogens is 303 g/mol. The van der Waals surface area contributed by atoms with Gasteiger partial charge >= 0.3 is 5.97 Å². The van der Waals surface area contributed by atoms with Crippen molar-refractivity contribution < 1.29 is 18.7 Å². The first-order valence-electron chi connectivity index (χ1n) is 6.57.